The van der Waals surface area contributed by atoms with Crippen molar-refractivity contribution in [1.82, 2.24) is 4.72 Å². The Morgan fingerprint density at radius 1 is 1.60 bits per heavy atom. The number of nitrogens with one attached hydrogen (secondary N) is 1. The number of hydrogen-bond donors (Lipinski definition) is 2. The quantitative estimate of drug-likeness (QED) is 0.869. The van der Waals surface area contributed by atoms with Gasteiger partial charge in [0.05, 0.1) is 15.8 Å². The van der Waals surface area contributed by atoms with E-state index in [2.05, 4.69) is 4.72 Å². The fourth-order valence-corrected chi connectivity index (χ4v) is 5.30. The van der Waals surface area contributed by atoms with Crippen LogP contribution < -0.4 is 4.72 Å². The highest BCUT2D eigenvalue weighted by Crippen LogP contribution is 2.31. The molecule has 2 rings (SSSR count). The molecule has 1 aromatic heterocycles. The molecule has 1 fully saturated rings. The highest BCUT2D eigenvalue weighted by Gasteiger charge is 2.44. The van der Waals surface area contributed by atoms with Crippen LogP contribution in [-0.4, -0.2) is 38.2 Å². The summed E-state index contributed by atoms with van der Waals surface area (Å²) in [6.07, 6.45) is 0.677. The van der Waals surface area contributed by atoms with Crippen molar-refractivity contribution in [2.24, 2.45) is 0 Å². The lowest BCUT2D eigenvalue weighted by atomic mass is 9.94. The van der Waals surface area contributed by atoms with Crippen molar-refractivity contribution in [1.29, 1.82) is 0 Å². The summed E-state index contributed by atoms with van der Waals surface area (Å²) in [6.45, 7) is 1.87. The Morgan fingerprint density at radius 3 is 2.75 bits per heavy atom. The molecule has 1 aliphatic heterocycles. The molecule has 1 aromatic rings. The number of aliphatic carboxylic acids is 1. The third kappa shape index (κ3) is 2.99. The molecular formula is C11H14ClNO5S2. The predicted octanol–water partition coefficient (Wildman–Crippen LogP) is 1.62. The molecule has 20 heavy (non-hydrogen) atoms. The Bertz CT molecular complexity index is 619. The molecule has 0 amide bonds. The molecule has 0 radical (unpaired) electrons. The zero-order valence-electron chi connectivity index (χ0n) is 10.7. The maximum Gasteiger partial charge on any atom is 0.327 e. The van der Waals surface area contributed by atoms with Gasteiger partial charge in [-0.3, -0.25) is 4.79 Å². The first-order chi connectivity index (χ1) is 9.27. The normalized spacial score (nSPS) is 23.7. The largest absolute Gasteiger partial charge is 0.480 e. The molecule has 2 N–H and O–H groups in total. The molecule has 1 saturated heterocycles. The summed E-state index contributed by atoms with van der Waals surface area (Å²) >= 11 is 6.93. The van der Waals surface area contributed by atoms with Crippen molar-refractivity contribution in [3.05, 3.63) is 15.3 Å². The molecule has 6 nitrogen and oxygen atoms in total. The van der Waals surface area contributed by atoms with Crippen LogP contribution in [0.15, 0.2) is 11.0 Å². The standard InChI is InChI=1S/C11H14ClNO5S2/c1-7-8(5-9(12)19-7)20(16,17)13-11(10(14)15)3-2-4-18-6-11/h5,13H,2-4,6H2,1H3,(H,14,15). The number of rotatable bonds is 4. The number of hydrogen-bond acceptors (Lipinski definition) is 5. The summed E-state index contributed by atoms with van der Waals surface area (Å²) in [5.41, 5.74) is -1.61. The van der Waals surface area contributed by atoms with Crippen LogP contribution in [0.4, 0.5) is 0 Å². The summed E-state index contributed by atoms with van der Waals surface area (Å²) < 4.78 is 32.5. The SMILES string of the molecule is Cc1sc(Cl)cc1S(=O)(=O)NC1(C(=O)O)CCCOC1. The van der Waals surface area contributed by atoms with Crippen LogP contribution in [0.2, 0.25) is 4.34 Å². The van der Waals surface area contributed by atoms with Crippen molar-refractivity contribution in [3.8, 4) is 0 Å². The molecule has 112 valence electrons. The number of aryl methyl sites for hydroxylation is 1. The molecular weight excluding hydrogens is 326 g/mol. The highest BCUT2D eigenvalue weighted by molar-refractivity contribution is 7.89. The van der Waals surface area contributed by atoms with E-state index in [9.17, 15) is 18.3 Å². The number of carboxylic acid groups (broad SMARTS) is 1. The molecule has 0 saturated carbocycles. The van der Waals surface area contributed by atoms with Crippen molar-refractivity contribution in [2.75, 3.05) is 13.2 Å². The lowest BCUT2D eigenvalue weighted by molar-refractivity contribution is -0.149. The highest BCUT2D eigenvalue weighted by atomic mass is 35.5. The number of sulfonamides is 1. The van der Waals surface area contributed by atoms with Gasteiger partial charge in [0.25, 0.3) is 0 Å². The average molecular weight is 340 g/mol. The second kappa shape index (κ2) is 5.61. The van der Waals surface area contributed by atoms with Gasteiger partial charge in [0.1, 0.15) is 0 Å². The summed E-state index contributed by atoms with van der Waals surface area (Å²) in [5.74, 6) is -1.24. The van der Waals surface area contributed by atoms with Gasteiger partial charge in [-0.1, -0.05) is 11.6 Å². The van der Waals surface area contributed by atoms with Gasteiger partial charge in [-0.05, 0) is 25.8 Å². The van der Waals surface area contributed by atoms with E-state index in [0.717, 1.165) is 11.3 Å². The Balaban J connectivity index is 2.35. The number of ether oxygens (including phenoxy) is 1. The Labute approximate surface area is 125 Å². The van der Waals surface area contributed by atoms with E-state index < -0.39 is 21.5 Å². The molecule has 9 heteroatoms. The summed E-state index contributed by atoms with van der Waals surface area (Å²) in [7, 11) is -3.96. The molecule has 0 spiro atoms. The van der Waals surface area contributed by atoms with Crippen molar-refractivity contribution in [2.45, 2.75) is 30.2 Å². The van der Waals surface area contributed by atoms with E-state index in [-0.39, 0.29) is 17.9 Å². The second-order valence-electron chi connectivity index (χ2n) is 4.62. The van der Waals surface area contributed by atoms with Crippen LogP contribution in [0, 0.1) is 6.92 Å². The van der Waals surface area contributed by atoms with Gasteiger partial charge in [-0.2, -0.15) is 4.72 Å². The van der Waals surface area contributed by atoms with E-state index >= 15 is 0 Å². The fraction of sp³-hybridized carbons (Fsp3) is 0.545. The summed E-state index contributed by atoms with van der Waals surface area (Å²) in [4.78, 5) is 12.0. The molecule has 0 aromatic carbocycles. The number of thiophene rings is 1. The van der Waals surface area contributed by atoms with Crippen LogP contribution in [-0.2, 0) is 19.6 Å². The van der Waals surface area contributed by atoms with Gasteiger partial charge in [0.15, 0.2) is 5.54 Å². The van der Waals surface area contributed by atoms with Gasteiger partial charge in [0.2, 0.25) is 10.0 Å². The first kappa shape index (κ1) is 15.7. The zero-order valence-corrected chi connectivity index (χ0v) is 13.1. The van der Waals surface area contributed by atoms with Gasteiger partial charge >= 0.3 is 5.97 Å². The third-order valence-electron chi connectivity index (χ3n) is 3.11. The first-order valence-electron chi connectivity index (χ1n) is 5.88. The monoisotopic (exact) mass is 339 g/mol. The average Bonchev–Trinajstić information content (AvgIpc) is 2.70. The topological polar surface area (TPSA) is 92.7 Å². The van der Waals surface area contributed by atoms with E-state index in [1.54, 1.807) is 6.92 Å². The summed E-state index contributed by atoms with van der Waals surface area (Å²) in [5, 5.41) is 9.34. The lowest BCUT2D eigenvalue weighted by Crippen LogP contribution is -2.59. The van der Waals surface area contributed by atoms with Gasteiger partial charge in [-0.25, -0.2) is 8.42 Å². The minimum Gasteiger partial charge on any atom is -0.480 e. The molecule has 1 aliphatic rings. The molecule has 1 atom stereocenters. The van der Waals surface area contributed by atoms with Gasteiger partial charge in [-0.15, -0.1) is 11.3 Å². The maximum absolute atomic E-state index is 12.4. The van der Waals surface area contributed by atoms with E-state index in [1.807, 2.05) is 0 Å². The molecule has 0 bridgehead atoms. The van der Waals surface area contributed by atoms with E-state index in [1.165, 1.54) is 6.07 Å². The Hall–Kier alpha value is -0.670. The first-order valence-corrected chi connectivity index (χ1v) is 8.56. The fourth-order valence-electron chi connectivity index (χ4n) is 2.10. The summed E-state index contributed by atoms with van der Waals surface area (Å²) in [6, 6.07) is 1.32. The molecule has 0 aliphatic carbocycles. The Morgan fingerprint density at radius 2 is 2.30 bits per heavy atom. The van der Waals surface area contributed by atoms with Crippen molar-refractivity contribution in [3.63, 3.8) is 0 Å². The lowest BCUT2D eigenvalue weighted by Gasteiger charge is -2.33. The Kier molecular flexibility index (Phi) is 4.41. The smallest absolute Gasteiger partial charge is 0.327 e. The number of carboxylic acids is 1. The van der Waals surface area contributed by atoms with Crippen molar-refractivity contribution < 1.29 is 23.1 Å². The van der Waals surface area contributed by atoms with Gasteiger partial charge < -0.3 is 9.84 Å². The van der Waals surface area contributed by atoms with Crippen LogP contribution in [0.1, 0.15) is 17.7 Å². The van der Waals surface area contributed by atoms with Gasteiger partial charge in [0, 0.05) is 11.5 Å². The third-order valence-corrected chi connectivity index (χ3v) is 6.08. The predicted molar refractivity (Wildman–Crippen MR) is 74.8 cm³/mol. The van der Waals surface area contributed by atoms with E-state index in [0.29, 0.717) is 22.2 Å². The van der Waals surface area contributed by atoms with Crippen LogP contribution in [0.3, 0.4) is 0 Å². The minimum absolute atomic E-state index is 0.0127. The van der Waals surface area contributed by atoms with Crippen LogP contribution in [0.25, 0.3) is 0 Å². The van der Waals surface area contributed by atoms with E-state index in [4.69, 9.17) is 16.3 Å². The maximum atomic E-state index is 12.4. The van der Waals surface area contributed by atoms with Crippen LogP contribution in [0.5, 0.6) is 0 Å². The number of carbonyl (C=O) groups is 1. The minimum atomic E-state index is -3.96. The number of halogens is 1. The zero-order chi connectivity index (χ0) is 15.0. The molecule has 2 heterocycles. The van der Waals surface area contributed by atoms with Crippen molar-refractivity contribution >= 4 is 38.9 Å². The molecule has 1 unspecified atom stereocenters. The second-order valence-corrected chi connectivity index (χ2v) is 8.16. The van der Waals surface area contributed by atoms with Crippen LogP contribution >= 0.6 is 22.9 Å².